The second-order valence-corrected chi connectivity index (χ2v) is 4.85. The minimum atomic E-state index is 0.181. The highest BCUT2D eigenvalue weighted by Gasteiger charge is 2.20. The first-order valence-electron chi connectivity index (χ1n) is 6.45. The molecule has 1 aromatic heterocycles. The molecule has 0 saturated carbocycles. The van der Waals surface area contributed by atoms with Crippen molar-refractivity contribution in [2.45, 2.75) is 18.9 Å². The van der Waals surface area contributed by atoms with E-state index >= 15 is 0 Å². The Hall–Kier alpha value is -2.08. The van der Waals surface area contributed by atoms with Crippen LogP contribution in [0.1, 0.15) is 12.8 Å². The Morgan fingerprint density at radius 1 is 1.37 bits per heavy atom. The molecule has 4 N–H and O–H groups in total. The number of aromatic hydroxyl groups is 1. The van der Waals surface area contributed by atoms with Gasteiger partial charge in [-0.05, 0) is 25.0 Å². The second-order valence-electron chi connectivity index (χ2n) is 4.85. The molecule has 3 rings (SSSR count). The van der Waals surface area contributed by atoms with Crippen molar-refractivity contribution in [3.05, 3.63) is 24.3 Å². The average Bonchev–Trinajstić information content (AvgIpc) is 2.89. The highest BCUT2D eigenvalue weighted by molar-refractivity contribution is 5.64. The summed E-state index contributed by atoms with van der Waals surface area (Å²) in [4.78, 5) is 6.52. The van der Waals surface area contributed by atoms with Gasteiger partial charge in [-0.2, -0.15) is 4.98 Å². The summed E-state index contributed by atoms with van der Waals surface area (Å²) in [5.41, 5.74) is 6.61. The van der Waals surface area contributed by atoms with Crippen LogP contribution < -0.4 is 10.6 Å². The Kier molecular flexibility index (Phi) is 3.08. The third-order valence-corrected chi connectivity index (χ3v) is 3.37. The number of nitrogens with two attached hydrogens (primary N) is 1. The summed E-state index contributed by atoms with van der Waals surface area (Å²) in [7, 11) is 0. The van der Waals surface area contributed by atoms with Crippen molar-refractivity contribution in [3.8, 4) is 17.1 Å². The number of nitrogens with zero attached hydrogens (tertiary/aromatic N) is 3. The van der Waals surface area contributed by atoms with Crippen LogP contribution in [-0.2, 0) is 0 Å². The molecule has 1 aromatic carbocycles. The van der Waals surface area contributed by atoms with Gasteiger partial charge in [-0.25, -0.2) is 0 Å². The number of H-pyrrole nitrogens is 1. The van der Waals surface area contributed by atoms with E-state index in [1.54, 1.807) is 12.1 Å². The van der Waals surface area contributed by atoms with Crippen molar-refractivity contribution >= 4 is 5.95 Å². The first-order chi connectivity index (χ1) is 9.24. The number of nitrogens with one attached hydrogen (secondary N) is 1. The monoisotopic (exact) mass is 259 g/mol. The normalized spacial score (nSPS) is 19.6. The second kappa shape index (κ2) is 4.89. The molecular weight excluding hydrogens is 242 g/mol. The predicted molar refractivity (Wildman–Crippen MR) is 72.9 cm³/mol. The number of benzene rings is 1. The predicted octanol–water partition coefficient (Wildman–Crippen LogP) is 1.10. The number of hydrogen-bond acceptors (Lipinski definition) is 5. The molecule has 1 fully saturated rings. The van der Waals surface area contributed by atoms with Gasteiger partial charge in [0.25, 0.3) is 0 Å². The van der Waals surface area contributed by atoms with Crippen molar-refractivity contribution in [1.82, 2.24) is 15.2 Å². The van der Waals surface area contributed by atoms with Crippen molar-refractivity contribution in [3.63, 3.8) is 0 Å². The summed E-state index contributed by atoms with van der Waals surface area (Å²) in [5.74, 6) is 1.42. The summed E-state index contributed by atoms with van der Waals surface area (Å²) in [6.07, 6.45) is 2.11. The van der Waals surface area contributed by atoms with Crippen LogP contribution in [0.25, 0.3) is 11.4 Å². The Bertz CT molecular complexity index is 568. The molecule has 2 aromatic rings. The van der Waals surface area contributed by atoms with Crippen molar-refractivity contribution < 1.29 is 5.11 Å². The summed E-state index contributed by atoms with van der Waals surface area (Å²) in [5, 5.41) is 16.9. The molecule has 0 bridgehead atoms. The molecule has 0 radical (unpaired) electrons. The van der Waals surface area contributed by atoms with Crippen LogP contribution in [-0.4, -0.2) is 39.4 Å². The minimum absolute atomic E-state index is 0.181. The number of piperidine rings is 1. The molecule has 19 heavy (non-hydrogen) atoms. The summed E-state index contributed by atoms with van der Waals surface area (Å²) in [6, 6.07) is 7.25. The molecular formula is C13H17N5O. The van der Waals surface area contributed by atoms with Crippen LogP contribution in [0.3, 0.4) is 0 Å². The Morgan fingerprint density at radius 3 is 3.00 bits per heavy atom. The molecule has 2 heterocycles. The van der Waals surface area contributed by atoms with Crippen molar-refractivity contribution in [1.29, 1.82) is 0 Å². The first kappa shape index (κ1) is 12.0. The fraction of sp³-hybridized carbons (Fsp3) is 0.385. The average molecular weight is 259 g/mol. The number of anilines is 1. The zero-order chi connectivity index (χ0) is 13.2. The van der Waals surface area contributed by atoms with Gasteiger partial charge in [-0.3, -0.25) is 5.10 Å². The summed E-state index contributed by atoms with van der Waals surface area (Å²) in [6.45, 7) is 1.70. The minimum Gasteiger partial charge on any atom is -0.507 e. The molecule has 1 aliphatic heterocycles. The Labute approximate surface area is 111 Å². The molecule has 1 atom stereocenters. The fourth-order valence-corrected chi connectivity index (χ4v) is 2.38. The van der Waals surface area contributed by atoms with Crippen molar-refractivity contribution in [2.75, 3.05) is 18.0 Å². The van der Waals surface area contributed by atoms with Gasteiger partial charge in [0.05, 0.1) is 5.56 Å². The van der Waals surface area contributed by atoms with Gasteiger partial charge in [-0.15, -0.1) is 5.10 Å². The first-order valence-corrected chi connectivity index (χ1v) is 6.45. The fourth-order valence-electron chi connectivity index (χ4n) is 2.38. The molecule has 0 amide bonds. The van der Waals surface area contributed by atoms with E-state index < -0.39 is 0 Å². The lowest BCUT2D eigenvalue weighted by molar-refractivity contribution is 0.477. The van der Waals surface area contributed by atoms with Crippen molar-refractivity contribution in [2.24, 2.45) is 5.73 Å². The molecule has 0 spiro atoms. The Balaban J connectivity index is 1.85. The van der Waals surface area contributed by atoms with Gasteiger partial charge in [-0.1, -0.05) is 12.1 Å². The number of phenolic OH excluding ortho intramolecular Hbond substituents is 1. The smallest absolute Gasteiger partial charge is 0.245 e. The molecule has 6 heteroatoms. The van der Waals surface area contributed by atoms with E-state index in [1.165, 1.54) is 0 Å². The topological polar surface area (TPSA) is 91.1 Å². The maximum atomic E-state index is 9.80. The standard InChI is InChI=1S/C13H17N5O/c14-9-4-3-7-18(8-9)13-15-12(16-17-13)10-5-1-2-6-11(10)19/h1-2,5-6,9,19H,3-4,7-8,14H2,(H,15,16,17). The van der Waals surface area contributed by atoms with E-state index in [0.717, 1.165) is 25.9 Å². The number of rotatable bonds is 2. The third kappa shape index (κ3) is 2.39. The van der Waals surface area contributed by atoms with Crippen LogP contribution in [0, 0.1) is 0 Å². The zero-order valence-corrected chi connectivity index (χ0v) is 10.6. The van der Waals surface area contributed by atoms with Gasteiger partial charge < -0.3 is 15.7 Å². The molecule has 0 aliphatic carbocycles. The van der Waals surface area contributed by atoms with Crippen LogP contribution >= 0.6 is 0 Å². The zero-order valence-electron chi connectivity index (χ0n) is 10.6. The lowest BCUT2D eigenvalue weighted by Crippen LogP contribution is -2.43. The SMILES string of the molecule is NC1CCCN(c2n[nH]c(-c3ccccc3O)n2)C1. The van der Waals surface area contributed by atoms with Crippen LogP contribution in [0.2, 0.25) is 0 Å². The van der Waals surface area contributed by atoms with Crippen LogP contribution in [0.4, 0.5) is 5.95 Å². The van der Waals surface area contributed by atoms with Crippen LogP contribution in [0.15, 0.2) is 24.3 Å². The van der Waals surface area contributed by atoms with Gasteiger partial charge in [0, 0.05) is 19.1 Å². The highest BCUT2D eigenvalue weighted by Crippen LogP contribution is 2.27. The third-order valence-electron chi connectivity index (χ3n) is 3.37. The van der Waals surface area contributed by atoms with E-state index in [1.807, 2.05) is 12.1 Å². The lowest BCUT2D eigenvalue weighted by atomic mass is 10.1. The largest absolute Gasteiger partial charge is 0.507 e. The van der Waals surface area contributed by atoms with Gasteiger partial charge in [0.2, 0.25) is 5.95 Å². The quantitative estimate of drug-likeness (QED) is 0.751. The molecule has 1 unspecified atom stereocenters. The summed E-state index contributed by atoms with van der Waals surface area (Å²) < 4.78 is 0. The maximum absolute atomic E-state index is 9.80. The maximum Gasteiger partial charge on any atom is 0.245 e. The number of phenols is 1. The van der Waals surface area contributed by atoms with Crippen LogP contribution in [0.5, 0.6) is 5.75 Å². The number of para-hydroxylation sites is 1. The van der Waals surface area contributed by atoms with Gasteiger partial charge >= 0.3 is 0 Å². The van der Waals surface area contributed by atoms with E-state index in [0.29, 0.717) is 17.3 Å². The molecule has 100 valence electrons. The summed E-state index contributed by atoms with van der Waals surface area (Å²) >= 11 is 0. The van der Waals surface area contributed by atoms with Gasteiger partial charge in [0.1, 0.15) is 5.75 Å². The number of hydrogen-bond donors (Lipinski definition) is 3. The molecule has 6 nitrogen and oxygen atoms in total. The Morgan fingerprint density at radius 2 is 2.21 bits per heavy atom. The number of aromatic amines is 1. The molecule has 1 saturated heterocycles. The van der Waals surface area contributed by atoms with E-state index in [-0.39, 0.29) is 11.8 Å². The van der Waals surface area contributed by atoms with E-state index in [9.17, 15) is 5.11 Å². The highest BCUT2D eigenvalue weighted by atomic mass is 16.3. The van der Waals surface area contributed by atoms with Gasteiger partial charge in [0.15, 0.2) is 5.82 Å². The van der Waals surface area contributed by atoms with E-state index in [4.69, 9.17) is 5.73 Å². The molecule has 1 aliphatic rings. The lowest BCUT2D eigenvalue weighted by Gasteiger charge is -2.29. The number of aromatic nitrogens is 3. The van der Waals surface area contributed by atoms with E-state index in [2.05, 4.69) is 20.1 Å².